The topological polar surface area (TPSA) is 66.5 Å². The van der Waals surface area contributed by atoms with Crippen LogP contribution < -0.4 is 9.62 Å². The quantitative estimate of drug-likeness (QED) is 0.899. The molecule has 0 aromatic heterocycles. The van der Waals surface area contributed by atoms with Gasteiger partial charge in [-0.1, -0.05) is 35.9 Å². The number of anilines is 2. The molecule has 0 aliphatic carbocycles. The van der Waals surface area contributed by atoms with Crippen LogP contribution in [0.25, 0.3) is 0 Å². The van der Waals surface area contributed by atoms with Crippen molar-refractivity contribution in [1.82, 2.24) is 0 Å². The predicted octanol–water partition coefficient (Wildman–Crippen LogP) is 3.13. The van der Waals surface area contributed by atoms with Crippen LogP contribution in [0, 0.1) is 0 Å². The summed E-state index contributed by atoms with van der Waals surface area (Å²) in [6.07, 6.45) is 1.07. The van der Waals surface area contributed by atoms with E-state index in [1.54, 1.807) is 54.6 Å². The van der Waals surface area contributed by atoms with Crippen LogP contribution in [0.4, 0.5) is 11.4 Å². The van der Waals surface area contributed by atoms with Crippen molar-refractivity contribution in [3.05, 3.63) is 59.6 Å². The Balaban J connectivity index is 2.27. The van der Waals surface area contributed by atoms with E-state index in [1.165, 1.54) is 6.92 Å². The first-order chi connectivity index (χ1) is 10.8. The first-order valence-corrected chi connectivity index (χ1v) is 9.12. The second-order valence-corrected chi connectivity index (χ2v) is 7.37. The van der Waals surface area contributed by atoms with Gasteiger partial charge in [0.25, 0.3) is 0 Å². The van der Waals surface area contributed by atoms with E-state index >= 15 is 0 Å². The molecule has 0 fully saturated rings. The molecular formula is C16H17ClN2O3S. The van der Waals surface area contributed by atoms with Gasteiger partial charge in [-0.15, -0.1) is 0 Å². The molecular weight excluding hydrogens is 336 g/mol. The number of para-hydroxylation sites is 1. The molecule has 0 aliphatic rings. The maximum Gasteiger partial charge on any atom is 0.247 e. The summed E-state index contributed by atoms with van der Waals surface area (Å²) in [5.74, 6) is -0.443. The molecule has 0 aliphatic heterocycles. The molecule has 0 heterocycles. The summed E-state index contributed by atoms with van der Waals surface area (Å²) in [4.78, 5) is 12.4. The van der Waals surface area contributed by atoms with Gasteiger partial charge < -0.3 is 5.32 Å². The number of halogens is 1. The van der Waals surface area contributed by atoms with Crippen molar-refractivity contribution in [3.8, 4) is 0 Å². The van der Waals surface area contributed by atoms with Crippen LogP contribution in [0.1, 0.15) is 6.92 Å². The van der Waals surface area contributed by atoms with Crippen LogP contribution in [0.3, 0.4) is 0 Å². The van der Waals surface area contributed by atoms with Gasteiger partial charge in [0, 0.05) is 10.7 Å². The zero-order chi connectivity index (χ0) is 17.0. The Morgan fingerprint density at radius 1 is 1.13 bits per heavy atom. The number of amides is 1. The standard InChI is InChI=1S/C16H17ClN2O3S/c1-12(16(20)18-14-8-6-7-13(17)11-14)19(23(2,21)22)15-9-4-3-5-10-15/h3-12H,1-2H3,(H,18,20)/t12-/m0/s1. The van der Waals surface area contributed by atoms with Crippen molar-refractivity contribution in [2.75, 3.05) is 15.9 Å². The smallest absolute Gasteiger partial charge is 0.247 e. The number of carbonyl (C=O) groups is 1. The van der Waals surface area contributed by atoms with Gasteiger partial charge in [-0.05, 0) is 37.3 Å². The number of rotatable bonds is 5. The number of hydrogen-bond donors (Lipinski definition) is 1. The van der Waals surface area contributed by atoms with Gasteiger partial charge in [0.2, 0.25) is 15.9 Å². The summed E-state index contributed by atoms with van der Waals surface area (Å²) >= 11 is 5.88. The Morgan fingerprint density at radius 2 is 1.78 bits per heavy atom. The van der Waals surface area contributed by atoms with Crippen LogP contribution in [0.15, 0.2) is 54.6 Å². The Kier molecular flexibility index (Phi) is 5.28. The van der Waals surface area contributed by atoms with E-state index in [-0.39, 0.29) is 0 Å². The molecule has 7 heteroatoms. The van der Waals surface area contributed by atoms with Crippen molar-refractivity contribution in [2.45, 2.75) is 13.0 Å². The average molecular weight is 353 g/mol. The second-order valence-electron chi connectivity index (χ2n) is 5.07. The molecule has 0 unspecified atom stereocenters. The van der Waals surface area contributed by atoms with Gasteiger partial charge in [-0.3, -0.25) is 9.10 Å². The number of nitrogens with one attached hydrogen (secondary N) is 1. The van der Waals surface area contributed by atoms with Gasteiger partial charge in [0.05, 0.1) is 11.9 Å². The average Bonchev–Trinajstić information content (AvgIpc) is 2.47. The Hall–Kier alpha value is -2.05. The lowest BCUT2D eigenvalue weighted by Crippen LogP contribution is -2.45. The van der Waals surface area contributed by atoms with Crippen LogP contribution in [-0.2, 0) is 14.8 Å². The van der Waals surface area contributed by atoms with Gasteiger partial charge in [0.15, 0.2) is 0 Å². The lowest BCUT2D eigenvalue weighted by atomic mass is 10.2. The van der Waals surface area contributed by atoms with Crippen molar-refractivity contribution in [2.24, 2.45) is 0 Å². The van der Waals surface area contributed by atoms with Crippen molar-refractivity contribution in [1.29, 1.82) is 0 Å². The fourth-order valence-corrected chi connectivity index (χ4v) is 3.56. The van der Waals surface area contributed by atoms with Crippen molar-refractivity contribution >= 4 is 38.9 Å². The summed E-state index contributed by atoms with van der Waals surface area (Å²) in [6.45, 7) is 1.54. The molecule has 0 spiro atoms. The fraction of sp³-hybridized carbons (Fsp3) is 0.188. The summed E-state index contributed by atoms with van der Waals surface area (Å²) < 4.78 is 25.3. The molecule has 2 rings (SSSR count). The Morgan fingerprint density at radius 3 is 2.35 bits per heavy atom. The van der Waals surface area contributed by atoms with Gasteiger partial charge in [0.1, 0.15) is 6.04 Å². The van der Waals surface area contributed by atoms with Gasteiger partial charge in [-0.2, -0.15) is 0 Å². The molecule has 1 N–H and O–H groups in total. The molecule has 1 amide bonds. The zero-order valence-electron chi connectivity index (χ0n) is 12.7. The van der Waals surface area contributed by atoms with E-state index in [0.717, 1.165) is 10.6 Å². The Labute approximate surface area is 140 Å². The van der Waals surface area contributed by atoms with Gasteiger partial charge in [-0.25, -0.2) is 8.42 Å². The number of sulfonamides is 1. The molecule has 0 radical (unpaired) electrons. The molecule has 0 bridgehead atoms. The lowest BCUT2D eigenvalue weighted by Gasteiger charge is -2.28. The first-order valence-electron chi connectivity index (χ1n) is 6.90. The highest BCUT2D eigenvalue weighted by Crippen LogP contribution is 2.21. The minimum Gasteiger partial charge on any atom is -0.324 e. The highest BCUT2D eigenvalue weighted by molar-refractivity contribution is 7.92. The molecule has 2 aromatic rings. The SMILES string of the molecule is C[C@@H](C(=O)Nc1cccc(Cl)c1)N(c1ccccc1)S(C)(=O)=O. The number of nitrogens with zero attached hydrogens (tertiary/aromatic N) is 1. The lowest BCUT2D eigenvalue weighted by molar-refractivity contribution is -0.116. The van der Waals surface area contributed by atoms with Crippen molar-refractivity contribution < 1.29 is 13.2 Å². The van der Waals surface area contributed by atoms with E-state index < -0.39 is 22.0 Å². The van der Waals surface area contributed by atoms with E-state index in [2.05, 4.69) is 5.32 Å². The summed E-state index contributed by atoms with van der Waals surface area (Å²) in [5.41, 5.74) is 0.944. The molecule has 1 atom stereocenters. The van der Waals surface area contributed by atoms with Crippen LogP contribution in [0.5, 0.6) is 0 Å². The van der Waals surface area contributed by atoms with E-state index in [0.29, 0.717) is 16.4 Å². The van der Waals surface area contributed by atoms with Crippen LogP contribution in [-0.4, -0.2) is 26.6 Å². The third-order valence-corrected chi connectivity index (χ3v) is 4.67. The highest BCUT2D eigenvalue weighted by atomic mass is 35.5. The monoisotopic (exact) mass is 352 g/mol. The largest absolute Gasteiger partial charge is 0.324 e. The maximum atomic E-state index is 12.4. The Bertz CT molecular complexity index is 794. The number of carbonyl (C=O) groups excluding carboxylic acids is 1. The van der Waals surface area contributed by atoms with Crippen LogP contribution in [0.2, 0.25) is 5.02 Å². The number of hydrogen-bond acceptors (Lipinski definition) is 3. The molecule has 2 aromatic carbocycles. The first kappa shape index (κ1) is 17.3. The molecule has 0 saturated carbocycles. The number of benzene rings is 2. The molecule has 23 heavy (non-hydrogen) atoms. The van der Waals surface area contributed by atoms with E-state index in [1.807, 2.05) is 0 Å². The predicted molar refractivity (Wildman–Crippen MR) is 93.3 cm³/mol. The van der Waals surface area contributed by atoms with Crippen molar-refractivity contribution in [3.63, 3.8) is 0 Å². The maximum absolute atomic E-state index is 12.4. The summed E-state index contributed by atoms with van der Waals surface area (Å²) in [6, 6.07) is 14.3. The fourth-order valence-electron chi connectivity index (χ4n) is 2.20. The molecule has 5 nitrogen and oxygen atoms in total. The van der Waals surface area contributed by atoms with Crippen LogP contribution >= 0.6 is 11.6 Å². The minimum atomic E-state index is -3.62. The minimum absolute atomic E-state index is 0.434. The highest BCUT2D eigenvalue weighted by Gasteiger charge is 2.28. The zero-order valence-corrected chi connectivity index (χ0v) is 14.3. The summed E-state index contributed by atoms with van der Waals surface area (Å²) in [7, 11) is -3.62. The molecule has 122 valence electrons. The molecule has 0 saturated heterocycles. The summed E-state index contributed by atoms with van der Waals surface area (Å²) in [5, 5.41) is 3.16. The third-order valence-electron chi connectivity index (χ3n) is 3.19. The van der Waals surface area contributed by atoms with Gasteiger partial charge >= 0.3 is 0 Å². The normalized spacial score (nSPS) is 12.5. The van der Waals surface area contributed by atoms with E-state index in [4.69, 9.17) is 11.6 Å². The van der Waals surface area contributed by atoms with E-state index in [9.17, 15) is 13.2 Å². The third kappa shape index (κ3) is 4.46. The second kappa shape index (κ2) is 7.02.